The minimum Gasteiger partial charge on any atom is -0.306 e. The maximum atomic E-state index is 12.7. The summed E-state index contributed by atoms with van der Waals surface area (Å²) in [5.74, 6) is 0.128. The molecule has 2 heterocycles. The highest BCUT2D eigenvalue weighted by Gasteiger charge is 2.28. The molecule has 20 heavy (non-hydrogen) atoms. The zero-order valence-corrected chi connectivity index (χ0v) is 12.1. The topological polar surface area (TPSA) is 37.4 Å². The van der Waals surface area contributed by atoms with Gasteiger partial charge in [-0.3, -0.25) is 9.59 Å². The Bertz CT molecular complexity index is 675. The van der Waals surface area contributed by atoms with E-state index in [1.807, 2.05) is 36.6 Å². The molecule has 1 amide bonds. The number of carbonyl (C=O) groups excluding carboxylic acids is 2. The minimum absolute atomic E-state index is 0.0109. The highest BCUT2D eigenvalue weighted by atomic mass is 32.1. The van der Waals surface area contributed by atoms with Crippen LogP contribution in [0, 0.1) is 0 Å². The zero-order valence-electron chi connectivity index (χ0n) is 11.3. The van der Waals surface area contributed by atoms with E-state index < -0.39 is 0 Å². The van der Waals surface area contributed by atoms with Gasteiger partial charge in [-0.05, 0) is 35.6 Å². The van der Waals surface area contributed by atoms with E-state index >= 15 is 0 Å². The molecule has 0 unspecified atom stereocenters. The Balaban J connectivity index is 2.02. The van der Waals surface area contributed by atoms with E-state index in [1.165, 1.54) is 11.3 Å². The summed E-state index contributed by atoms with van der Waals surface area (Å²) in [4.78, 5) is 27.2. The van der Waals surface area contributed by atoms with Crippen molar-refractivity contribution < 1.29 is 9.59 Å². The molecular weight excluding hydrogens is 270 g/mol. The molecule has 1 aliphatic heterocycles. The quantitative estimate of drug-likeness (QED) is 0.846. The van der Waals surface area contributed by atoms with Crippen molar-refractivity contribution in [2.24, 2.45) is 0 Å². The van der Waals surface area contributed by atoms with E-state index in [4.69, 9.17) is 0 Å². The molecule has 0 atom stereocenters. The van der Waals surface area contributed by atoms with Crippen molar-refractivity contribution in [2.75, 3.05) is 11.4 Å². The highest BCUT2D eigenvalue weighted by Crippen LogP contribution is 2.30. The molecule has 0 fully saturated rings. The second-order valence-electron chi connectivity index (χ2n) is 4.78. The van der Waals surface area contributed by atoms with Crippen LogP contribution in [0.5, 0.6) is 0 Å². The number of hydrogen-bond acceptors (Lipinski definition) is 3. The molecule has 0 aliphatic carbocycles. The monoisotopic (exact) mass is 285 g/mol. The lowest BCUT2D eigenvalue weighted by Crippen LogP contribution is -2.37. The van der Waals surface area contributed by atoms with Crippen LogP contribution in [-0.2, 0) is 6.42 Å². The van der Waals surface area contributed by atoms with Crippen molar-refractivity contribution in [2.45, 2.75) is 19.8 Å². The molecular formula is C16H15NO2S. The normalized spacial score (nSPS) is 14.2. The number of para-hydroxylation sites is 1. The summed E-state index contributed by atoms with van der Waals surface area (Å²) >= 11 is 1.48. The van der Waals surface area contributed by atoms with Gasteiger partial charge in [-0.2, -0.15) is 0 Å². The van der Waals surface area contributed by atoms with Crippen LogP contribution >= 0.6 is 11.3 Å². The predicted octanol–water partition coefficient (Wildman–Crippen LogP) is 3.54. The number of Topliss-reactive ketones (excluding diaryl/α,β-unsaturated/α-hetero) is 1. The van der Waals surface area contributed by atoms with Crippen LogP contribution in [0.4, 0.5) is 5.69 Å². The van der Waals surface area contributed by atoms with Crippen LogP contribution in [-0.4, -0.2) is 18.2 Å². The number of carbonyl (C=O) groups is 2. The first-order chi connectivity index (χ1) is 9.72. The van der Waals surface area contributed by atoms with Crippen molar-refractivity contribution in [3.8, 4) is 0 Å². The molecule has 0 N–H and O–H groups in total. The van der Waals surface area contributed by atoms with E-state index in [2.05, 4.69) is 0 Å². The summed E-state index contributed by atoms with van der Waals surface area (Å²) in [6.07, 6.45) is 1.24. The van der Waals surface area contributed by atoms with Gasteiger partial charge in [-0.1, -0.05) is 19.1 Å². The molecule has 0 saturated heterocycles. The van der Waals surface area contributed by atoms with Crippen molar-refractivity contribution in [3.63, 3.8) is 0 Å². The minimum atomic E-state index is 0.0109. The lowest BCUT2D eigenvalue weighted by Gasteiger charge is -2.28. The zero-order chi connectivity index (χ0) is 14.1. The lowest BCUT2D eigenvalue weighted by molar-refractivity contribution is 0.0956. The van der Waals surface area contributed by atoms with Gasteiger partial charge in [0.15, 0.2) is 5.78 Å². The summed E-state index contributed by atoms with van der Waals surface area (Å²) in [5, 5.41) is 1.95. The van der Waals surface area contributed by atoms with Gasteiger partial charge >= 0.3 is 0 Å². The van der Waals surface area contributed by atoms with E-state index in [1.54, 1.807) is 11.0 Å². The van der Waals surface area contributed by atoms with Gasteiger partial charge in [-0.15, -0.1) is 11.3 Å². The Hall–Kier alpha value is -1.94. The van der Waals surface area contributed by atoms with Crippen LogP contribution in [0.2, 0.25) is 0 Å². The second kappa shape index (κ2) is 5.21. The van der Waals surface area contributed by atoms with Gasteiger partial charge in [0.25, 0.3) is 5.91 Å². The molecule has 3 nitrogen and oxygen atoms in total. The van der Waals surface area contributed by atoms with Crippen LogP contribution in [0.1, 0.15) is 38.9 Å². The number of hydrogen-bond donors (Lipinski definition) is 0. The maximum Gasteiger partial charge on any atom is 0.268 e. The number of nitrogens with zero attached hydrogens (tertiary/aromatic N) is 1. The van der Waals surface area contributed by atoms with Gasteiger partial charge in [-0.25, -0.2) is 0 Å². The number of ketones is 1. The number of thiophene rings is 1. The fourth-order valence-corrected chi connectivity index (χ4v) is 3.49. The van der Waals surface area contributed by atoms with Crippen molar-refractivity contribution in [1.29, 1.82) is 0 Å². The molecule has 0 spiro atoms. The Morgan fingerprint density at radius 3 is 2.90 bits per heavy atom. The predicted molar refractivity (Wildman–Crippen MR) is 80.8 cm³/mol. The van der Waals surface area contributed by atoms with Gasteiger partial charge in [0, 0.05) is 18.5 Å². The number of anilines is 1. The molecule has 0 bridgehead atoms. The number of rotatable bonds is 2. The Morgan fingerprint density at radius 2 is 2.10 bits per heavy atom. The van der Waals surface area contributed by atoms with Crippen molar-refractivity contribution in [3.05, 3.63) is 51.7 Å². The average Bonchev–Trinajstić information content (AvgIpc) is 2.96. The number of fused-ring (bicyclic) bond motifs is 1. The standard InChI is InChI=1S/C16H15NO2S/c1-2-11-8-10-20-15(11)16(19)17-9-7-14(18)12-5-3-4-6-13(12)17/h3-6,8,10H,2,7,9H2,1H3. The van der Waals surface area contributed by atoms with Gasteiger partial charge in [0.05, 0.1) is 10.6 Å². The Labute approximate surface area is 121 Å². The van der Waals surface area contributed by atoms with Crippen LogP contribution in [0.3, 0.4) is 0 Å². The highest BCUT2D eigenvalue weighted by molar-refractivity contribution is 7.12. The lowest BCUT2D eigenvalue weighted by atomic mass is 10.00. The maximum absolute atomic E-state index is 12.7. The first kappa shape index (κ1) is 13.1. The molecule has 0 radical (unpaired) electrons. The van der Waals surface area contributed by atoms with Crippen molar-refractivity contribution in [1.82, 2.24) is 0 Å². The van der Waals surface area contributed by atoms with E-state index in [0.717, 1.165) is 22.5 Å². The Kier molecular flexibility index (Phi) is 3.40. The van der Waals surface area contributed by atoms with E-state index in [0.29, 0.717) is 18.5 Å². The first-order valence-corrected chi connectivity index (χ1v) is 7.60. The second-order valence-corrected chi connectivity index (χ2v) is 5.69. The van der Waals surface area contributed by atoms with Crippen LogP contribution < -0.4 is 4.90 Å². The number of benzene rings is 1. The average molecular weight is 285 g/mol. The molecule has 1 aromatic carbocycles. The van der Waals surface area contributed by atoms with Gasteiger partial charge in [0.2, 0.25) is 0 Å². The fraction of sp³-hybridized carbons (Fsp3) is 0.250. The third-order valence-electron chi connectivity index (χ3n) is 3.62. The van der Waals surface area contributed by atoms with Gasteiger partial charge in [0.1, 0.15) is 0 Å². The molecule has 1 aromatic heterocycles. The number of aryl methyl sites for hydroxylation is 1. The van der Waals surface area contributed by atoms with Crippen LogP contribution in [0.25, 0.3) is 0 Å². The van der Waals surface area contributed by atoms with E-state index in [9.17, 15) is 9.59 Å². The molecule has 0 saturated carbocycles. The third kappa shape index (κ3) is 2.06. The summed E-state index contributed by atoms with van der Waals surface area (Å²) in [6, 6.07) is 9.36. The summed E-state index contributed by atoms with van der Waals surface area (Å²) < 4.78 is 0. The van der Waals surface area contributed by atoms with Crippen molar-refractivity contribution >= 4 is 28.7 Å². The SMILES string of the molecule is CCc1ccsc1C(=O)N1CCC(=O)c2ccccc21. The molecule has 2 aromatic rings. The third-order valence-corrected chi connectivity index (χ3v) is 4.57. The molecule has 102 valence electrons. The largest absolute Gasteiger partial charge is 0.306 e. The molecule has 3 rings (SSSR count). The fourth-order valence-electron chi connectivity index (χ4n) is 2.55. The summed E-state index contributed by atoms with van der Waals surface area (Å²) in [7, 11) is 0. The summed E-state index contributed by atoms with van der Waals surface area (Å²) in [6.45, 7) is 2.52. The van der Waals surface area contributed by atoms with E-state index in [-0.39, 0.29) is 11.7 Å². The number of amides is 1. The van der Waals surface area contributed by atoms with Gasteiger partial charge < -0.3 is 4.90 Å². The molecule has 4 heteroatoms. The summed E-state index contributed by atoms with van der Waals surface area (Å²) in [5.41, 5.74) is 2.47. The Morgan fingerprint density at radius 1 is 1.30 bits per heavy atom. The molecule has 1 aliphatic rings. The first-order valence-electron chi connectivity index (χ1n) is 6.73. The van der Waals surface area contributed by atoms with Crippen LogP contribution in [0.15, 0.2) is 35.7 Å². The smallest absolute Gasteiger partial charge is 0.268 e.